The zero-order valence-electron chi connectivity index (χ0n) is 19.7. The number of nitrogens with zero attached hydrogens (tertiary/aromatic N) is 2. The van der Waals surface area contributed by atoms with Gasteiger partial charge < -0.3 is 14.6 Å². The average Bonchev–Trinajstić information content (AvgIpc) is 3.45. The number of carboxylic acids is 1. The number of hydrogen-bond acceptors (Lipinski definition) is 5. The molecular formula is C26H23F3N2O4S. The van der Waals surface area contributed by atoms with Crippen LogP contribution in [0.5, 0.6) is 11.5 Å². The summed E-state index contributed by atoms with van der Waals surface area (Å²) in [4.78, 5) is 12.3. The normalized spacial score (nSPS) is 11.6. The second-order valence-electron chi connectivity index (χ2n) is 8.36. The number of aryl methyl sites for hydroxylation is 1. The number of alkyl halides is 3. The Morgan fingerprint density at radius 3 is 2.53 bits per heavy atom. The van der Waals surface area contributed by atoms with Crippen molar-refractivity contribution in [3.63, 3.8) is 0 Å². The van der Waals surface area contributed by atoms with E-state index in [0.717, 1.165) is 21.6 Å². The van der Waals surface area contributed by atoms with Crippen molar-refractivity contribution in [1.29, 1.82) is 0 Å². The highest BCUT2D eigenvalue weighted by atomic mass is 32.1. The van der Waals surface area contributed by atoms with Crippen molar-refractivity contribution in [2.75, 3.05) is 0 Å². The second kappa shape index (κ2) is 10.1. The molecule has 10 heteroatoms. The van der Waals surface area contributed by atoms with Crippen molar-refractivity contribution in [3.8, 4) is 27.6 Å². The minimum absolute atomic E-state index is 0.0550. The van der Waals surface area contributed by atoms with Crippen molar-refractivity contribution in [2.24, 2.45) is 0 Å². The number of thiophene rings is 1. The van der Waals surface area contributed by atoms with Crippen molar-refractivity contribution < 1.29 is 32.5 Å². The molecule has 0 saturated carbocycles. The van der Waals surface area contributed by atoms with Gasteiger partial charge in [0, 0.05) is 4.88 Å². The molecule has 2 heterocycles. The van der Waals surface area contributed by atoms with Gasteiger partial charge in [-0.05, 0) is 72.0 Å². The van der Waals surface area contributed by atoms with Crippen LogP contribution in [0.1, 0.15) is 46.3 Å². The Morgan fingerprint density at radius 1 is 1.14 bits per heavy atom. The maximum Gasteiger partial charge on any atom is 0.573 e. The van der Waals surface area contributed by atoms with E-state index in [1.54, 1.807) is 30.5 Å². The second-order valence-corrected chi connectivity index (χ2v) is 9.45. The quantitative estimate of drug-likeness (QED) is 0.268. The fourth-order valence-electron chi connectivity index (χ4n) is 3.82. The van der Waals surface area contributed by atoms with Crippen LogP contribution in [0.3, 0.4) is 0 Å². The summed E-state index contributed by atoms with van der Waals surface area (Å²) in [7, 11) is 0. The smallest absolute Gasteiger partial charge is 0.487 e. The first-order valence-corrected chi connectivity index (χ1v) is 11.8. The molecule has 0 unspecified atom stereocenters. The fraction of sp³-hybridized carbons (Fsp3) is 0.231. The number of halogens is 3. The lowest BCUT2D eigenvalue weighted by atomic mass is 10.0. The van der Waals surface area contributed by atoms with Gasteiger partial charge >= 0.3 is 12.3 Å². The minimum Gasteiger partial charge on any atom is -0.487 e. The van der Waals surface area contributed by atoms with E-state index in [4.69, 9.17) is 4.74 Å². The van der Waals surface area contributed by atoms with Crippen molar-refractivity contribution in [3.05, 3.63) is 82.5 Å². The number of rotatable bonds is 8. The molecule has 4 aromatic rings. The first kappa shape index (κ1) is 25.3. The van der Waals surface area contributed by atoms with Crippen LogP contribution >= 0.6 is 11.3 Å². The maximum atomic E-state index is 13.0. The van der Waals surface area contributed by atoms with E-state index in [2.05, 4.69) is 9.84 Å². The minimum atomic E-state index is -4.84. The van der Waals surface area contributed by atoms with Gasteiger partial charge in [-0.25, -0.2) is 9.48 Å². The summed E-state index contributed by atoms with van der Waals surface area (Å²) in [6.07, 6.45) is -3.22. The van der Waals surface area contributed by atoms with Crippen molar-refractivity contribution in [1.82, 2.24) is 9.78 Å². The zero-order chi connectivity index (χ0) is 26.0. The van der Waals surface area contributed by atoms with Gasteiger partial charge in [-0.2, -0.15) is 5.10 Å². The number of benzene rings is 2. The molecule has 2 aromatic carbocycles. The van der Waals surface area contributed by atoms with Crippen LogP contribution in [0.15, 0.2) is 60.8 Å². The third kappa shape index (κ3) is 5.54. The van der Waals surface area contributed by atoms with E-state index in [9.17, 15) is 23.1 Å². The van der Waals surface area contributed by atoms with Crippen LogP contribution in [0.4, 0.5) is 13.2 Å². The van der Waals surface area contributed by atoms with E-state index < -0.39 is 12.3 Å². The molecule has 1 N–H and O–H groups in total. The van der Waals surface area contributed by atoms with Gasteiger partial charge in [-0.3, -0.25) is 0 Å². The Labute approximate surface area is 209 Å². The Kier molecular flexibility index (Phi) is 7.07. The highest BCUT2D eigenvalue weighted by molar-refractivity contribution is 7.17. The topological polar surface area (TPSA) is 73.6 Å². The Hall–Kier alpha value is -3.79. The van der Waals surface area contributed by atoms with Crippen LogP contribution in [0, 0.1) is 6.92 Å². The SMILES string of the molecule is Cc1cc(OCc2c(C(C)C)cnn2-c2ccccc2OC(F)(F)F)ccc1-c1ccc(C(=O)O)s1. The summed E-state index contributed by atoms with van der Waals surface area (Å²) in [5.41, 5.74) is 3.39. The molecule has 0 aliphatic carbocycles. The number of para-hydroxylation sites is 2. The summed E-state index contributed by atoms with van der Waals surface area (Å²) in [5.74, 6) is -0.710. The van der Waals surface area contributed by atoms with Crippen molar-refractivity contribution >= 4 is 17.3 Å². The average molecular weight is 517 g/mol. The molecule has 0 bridgehead atoms. The van der Waals surface area contributed by atoms with Crippen LogP contribution in [-0.4, -0.2) is 27.2 Å². The molecule has 0 radical (unpaired) electrons. The highest BCUT2D eigenvalue weighted by Gasteiger charge is 2.32. The van der Waals surface area contributed by atoms with Gasteiger partial charge in [0.05, 0.1) is 11.9 Å². The van der Waals surface area contributed by atoms with Gasteiger partial charge in [0.1, 0.15) is 22.9 Å². The summed E-state index contributed by atoms with van der Waals surface area (Å²) < 4.78 is 50.6. The van der Waals surface area contributed by atoms with E-state index in [-0.39, 0.29) is 28.8 Å². The van der Waals surface area contributed by atoms with Crippen molar-refractivity contribution in [2.45, 2.75) is 39.7 Å². The predicted molar refractivity (Wildman–Crippen MR) is 130 cm³/mol. The Balaban J connectivity index is 1.62. The molecule has 4 rings (SSSR count). The third-order valence-electron chi connectivity index (χ3n) is 5.50. The molecule has 2 aromatic heterocycles. The maximum absolute atomic E-state index is 13.0. The molecule has 0 aliphatic rings. The van der Waals surface area contributed by atoms with E-state index >= 15 is 0 Å². The van der Waals surface area contributed by atoms with E-state index in [1.165, 1.54) is 34.2 Å². The van der Waals surface area contributed by atoms with Gasteiger partial charge in [0.25, 0.3) is 0 Å². The molecule has 0 saturated heterocycles. The lowest BCUT2D eigenvalue weighted by molar-refractivity contribution is -0.274. The zero-order valence-corrected chi connectivity index (χ0v) is 20.5. The van der Waals surface area contributed by atoms with Crippen LogP contribution < -0.4 is 9.47 Å². The molecule has 6 nitrogen and oxygen atoms in total. The number of carbonyl (C=O) groups is 1. The van der Waals surface area contributed by atoms with Crippen LogP contribution in [0.2, 0.25) is 0 Å². The first-order chi connectivity index (χ1) is 17.0. The van der Waals surface area contributed by atoms with Gasteiger partial charge in [0.2, 0.25) is 0 Å². The molecular weight excluding hydrogens is 493 g/mol. The van der Waals surface area contributed by atoms with Crippen LogP contribution in [0.25, 0.3) is 16.1 Å². The van der Waals surface area contributed by atoms with E-state index in [1.807, 2.05) is 32.9 Å². The number of carboxylic acid groups (broad SMARTS) is 1. The number of aromatic carboxylic acids is 1. The first-order valence-electron chi connectivity index (χ1n) is 11.0. The molecule has 0 spiro atoms. The fourth-order valence-corrected chi connectivity index (χ4v) is 4.75. The summed E-state index contributed by atoms with van der Waals surface area (Å²) in [6, 6.07) is 14.6. The number of ether oxygens (including phenoxy) is 2. The Bertz CT molecular complexity index is 1390. The van der Waals surface area contributed by atoms with Gasteiger partial charge in [0.15, 0.2) is 5.75 Å². The highest BCUT2D eigenvalue weighted by Crippen LogP contribution is 2.34. The molecule has 0 atom stereocenters. The molecule has 188 valence electrons. The predicted octanol–water partition coefficient (Wildman–Crippen LogP) is 7.21. The molecule has 0 fully saturated rings. The monoisotopic (exact) mass is 516 g/mol. The van der Waals surface area contributed by atoms with E-state index in [0.29, 0.717) is 11.4 Å². The molecule has 0 amide bonds. The van der Waals surface area contributed by atoms with Crippen LogP contribution in [-0.2, 0) is 6.61 Å². The molecule has 36 heavy (non-hydrogen) atoms. The lowest BCUT2D eigenvalue weighted by Gasteiger charge is -2.17. The third-order valence-corrected chi connectivity index (χ3v) is 6.60. The van der Waals surface area contributed by atoms with Gasteiger partial charge in [-0.15, -0.1) is 24.5 Å². The number of aromatic nitrogens is 2. The Morgan fingerprint density at radius 2 is 1.89 bits per heavy atom. The standard InChI is InChI=1S/C26H23F3N2O4S/c1-15(2)19-13-30-31(20-6-4-5-7-22(20)35-26(27,28)29)21(19)14-34-17-8-9-18(16(3)12-17)23-10-11-24(36-23)25(32)33/h4-13,15H,14H2,1-3H3,(H,32,33). The van der Waals surface area contributed by atoms with Gasteiger partial charge in [-0.1, -0.05) is 26.0 Å². The number of hydrogen-bond donors (Lipinski definition) is 1. The lowest BCUT2D eigenvalue weighted by Crippen LogP contribution is -2.19. The largest absolute Gasteiger partial charge is 0.573 e. The summed E-state index contributed by atoms with van der Waals surface area (Å²) >= 11 is 1.19. The summed E-state index contributed by atoms with van der Waals surface area (Å²) in [6.45, 7) is 5.90. The summed E-state index contributed by atoms with van der Waals surface area (Å²) in [5, 5.41) is 13.5. The molecule has 0 aliphatic heterocycles.